The number of carboxylic acid groups (broad SMARTS) is 1. The summed E-state index contributed by atoms with van der Waals surface area (Å²) in [5.41, 5.74) is 11.9. The van der Waals surface area contributed by atoms with E-state index in [1.807, 2.05) is 30.3 Å². The van der Waals surface area contributed by atoms with Crippen molar-refractivity contribution in [2.45, 2.75) is 49.9 Å². The number of nitrogens with two attached hydrogens (primary N) is 2. The highest BCUT2D eigenvalue weighted by Gasteiger charge is 2.38. The number of carbonyl (C=O) groups is 5. The van der Waals surface area contributed by atoms with E-state index in [1.165, 1.54) is 4.90 Å². The van der Waals surface area contributed by atoms with Gasteiger partial charge >= 0.3 is 5.97 Å². The van der Waals surface area contributed by atoms with Crippen molar-refractivity contribution in [2.75, 3.05) is 13.2 Å². The summed E-state index contributed by atoms with van der Waals surface area (Å²) in [6, 6.07) is 4.35. The summed E-state index contributed by atoms with van der Waals surface area (Å²) in [6.45, 7) is -0.510. The molecule has 1 saturated heterocycles. The third-order valence-corrected chi connectivity index (χ3v) is 5.29. The van der Waals surface area contributed by atoms with Gasteiger partial charge in [-0.15, -0.1) is 0 Å². The number of primary amides is 1. The largest absolute Gasteiger partial charge is 0.480 e. The number of hydrogen-bond donors (Lipinski definition) is 6. The van der Waals surface area contributed by atoms with E-state index in [0.717, 1.165) is 5.56 Å². The zero-order chi connectivity index (χ0) is 24.5. The van der Waals surface area contributed by atoms with Gasteiger partial charge in [0, 0.05) is 6.54 Å². The molecule has 4 unspecified atom stereocenters. The monoisotopic (exact) mass is 463 g/mol. The maximum atomic E-state index is 12.9. The van der Waals surface area contributed by atoms with Gasteiger partial charge in [-0.3, -0.25) is 19.2 Å². The molecule has 180 valence electrons. The summed E-state index contributed by atoms with van der Waals surface area (Å²) in [6.07, 6.45) is 0.534. The number of aliphatic hydroxyl groups excluding tert-OH is 1. The van der Waals surface area contributed by atoms with Crippen LogP contribution in [0.4, 0.5) is 0 Å². The molecule has 1 heterocycles. The van der Waals surface area contributed by atoms with Crippen molar-refractivity contribution in [3.05, 3.63) is 35.9 Å². The van der Waals surface area contributed by atoms with Gasteiger partial charge in [0.05, 0.1) is 19.1 Å². The SMILES string of the molecule is NC(=O)CC(NC(=O)C(CO)NC(=O)C1CCCN1C(=O)C(N)Cc1ccccc1)C(=O)O. The third-order valence-electron chi connectivity index (χ3n) is 5.29. The van der Waals surface area contributed by atoms with Crippen LogP contribution in [0.5, 0.6) is 0 Å². The van der Waals surface area contributed by atoms with E-state index in [1.54, 1.807) is 0 Å². The molecule has 0 aliphatic carbocycles. The first-order chi connectivity index (χ1) is 15.6. The van der Waals surface area contributed by atoms with Gasteiger partial charge in [-0.2, -0.15) is 0 Å². The van der Waals surface area contributed by atoms with Crippen LogP contribution in [0.3, 0.4) is 0 Å². The number of nitrogens with one attached hydrogen (secondary N) is 2. The predicted octanol–water partition coefficient (Wildman–Crippen LogP) is -2.53. The predicted molar refractivity (Wildman–Crippen MR) is 115 cm³/mol. The molecule has 0 spiro atoms. The van der Waals surface area contributed by atoms with E-state index in [9.17, 15) is 29.1 Å². The Morgan fingerprint density at radius 1 is 1.09 bits per heavy atom. The molecule has 1 aliphatic heterocycles. The van der Waals surface area contributed by atoms with E-state index in [2.05, 4.69) is 10.6 Å². The van der Waals surface area contributed by atoms with Crippen molar-refractivity contribution in [3.63, 3.8) is 0 Å². The molecule has 0 radical (unpaired) electrons. The molecule has 2 rings (SSSR count). The van der Waals surface area contributed by atoms with Gasteiger partial charge in [-0.1, -0.05) is 30.3 Å². The smallest absolute Gasteiger partial charge is 0.326 e. The number of amides is 4. The topological polar surface area (TPSA) is 205 Å². The zero-order valence-electron chi connectivity index (χ0n) is 18.0. The zero-order valence-corrected chi connectivity index (χ0v) is 18.0. The second-order valence-corrected chi connectivity index (χ2v) is 7.80. The first-order valence-electron chi connectivity index (χ1n) is 10.5. The van der Waals surface area contributed by atoms with Crippen molar-refractivity contribution in [1.29, 1.82) is 0 Å². The van der Waals surface area contributed by atoms with E-state index < -0.39 is 66.8 Å². The Labute approximate surface area is 190 Å². The summed E-state index contributed by atoms with van der Waals surface area (Å²) in [5.74, 6) is -4.53. The van der Waals surface area contributed by atoms with Crippen LogP contribution >= 0.6 is 0 Å². The highest BCUT2D eigenvalue weighted by Crippen LogP contribution is 2.19. The first-order valence-corrected chi connectivity index (χ1v) is 10.5. The van der Waals surface area contributed by atoms with Gasteiger partial charge in [0.1, 0.15) is 18.1 Å². The van der Waals surface area contributed by atoms with E-state index in [0.29, 0.717) is 25.8 Å². The third kappa shape index (κ3) is 7.26. The number of carboxylic acids is 1. The van der Waals surface area contributed by atoms with Crippen LogP contribution in [0.15, 0.2) is 30.3 Å². The molecule has 33 heavy (non-hydrogen) atoms. The second kappa shape index (κ2) is 11.9. The van der Waals surface area contributed by atoms with E-state index in [4.69, 9.17) is 16.6 Å². The lowest BCUT2D eigenvalue weighted by molar-refractivity contribution is -0.144. The van der Waals surface area contributed by atoms with Crippen molar-refractivity contribution >= 4 is 29.6 Å². The molecule has 12 nitrogen and oxygen atoms in total. The molecule has 8 N–H and O–H groups in total. The number of aliphatic hydroxyl groups is 1. The highest BCUT2D eigenvalue weighted by atomic mass is 16.4. The summed E-state index contributed by atoms with van der Waals surface area (Å²) in [5, 5.41) is 23.0. The standard InChI is InChI=1S/C21H29N5O7/c22-13(9-12-5-2-1-3-6-12)20(31)26-8-4-7-16(26)19(30)25-15(11-27)18(29)24-14(21(32)33)10-17(23)28/h1-3,5-6,13-16,27H,4,7-11,22H2,(H2,23,28)(H,24,29)(H,25,30)(H,32,33). The Morgan fingerprint density at radius 2 is 1.76 bits per heavy atom. The Bertz CT molecular complexity index is 879. The average molecular weight is 463 g/mol. The maximum Gasteiger partial charge on any atom is 0.326 e. The van der Waals surface area contributed by atoms with Crippen molar-refractivity contribution in [2.24, 2.45) is 11.5 Å². The number of aliphatic carboxylic acids is 1. The lowest BCUT2D eigenvalue weighted by atomic mass is 10.0. The van der Waals surface area contributed by atoms with E-state index in [-0.39, 0.29) is 0 Å². The highest BCUT2D eigenvalue weighted by molar-refractivity contribution is 5.95. The van der Waals surface area contributed by atoms with Crippen LogP contribution in [0.2, 0.25) is 0 Å². The minimum atomic E-state index is -1.61. The number of rotatable bonds is 11. The van der Waals surface area contributed by atoms with Gasteiger partial charge in [-0.25, -0.2) is 4.79 Å². The Morgan fingerprint density at radius 3 is 2.33 bits per heavy atom. The minimum absolute atomic E-state index is 0.294. The van der Waals surface area contributed by atoms with Crippen molar-refractivity contribution < 1.29 is 34.2 Å². The molecule has 1 aliphatic rings. The number of carbonyl (C=O) groups excluding carboxylic acids is 4. The molecule has 1 aromatic rings. The Hall–Kier alpha value is -3.51. The lowest BCUT2D eigenvalue weighted by Crippen LogP contribution is -2.58. The van der Waals surface area contributed by atoms with Gasteiger partial charge in [0.2, 0.25) is 23.6 Å². The summed E-state index contributed by atoms with van der Waals surface area (Å²) in [7, 11) is 0. The molecule has 0 saturated carbocycles. The van der Waals surface area contributed by atoms with Crippen molar-refractivity contribution in [3.8, 4) is 0 Å². The molecule has 1 fully saturated rings. The molecular weight excluding hydrogens is 434 g/mol. The second-order valence-electron chi connectivity index (χ2n) is 7.80. The van der Waals surface area contributed by atoms with Gasteiger partial charge in [0.15, 0.2) is 0 Å². The fraction of sp³-hybridized carbons (Fsp3) is 0.476. The van der Waals surface area contributed by atoms with Gasteiger partial charge < -0.3 is 37.2 Å². The van der Waals surface area contributed by atoms with Gasteiger partial charge in [-0.05, 0) is 24.8 Å². The molecule has 0 aromatic heterocycles. The maximum absolute atomic E-state index is 12.9. The molecule has 4 atom stereocenters. The minimum Gasteiger partial charge on any atom is -0.480 e. The molecule has 4 amide bonds. The summed E-state index contributed by atoms with van der Waals surface area (Å²) < 4.78 is 0. The Balaban J connectivity index is 2.01. The van der Waals surface area contributed by atoms with Crippen LogP contribution in [0.25, 0.3) is 0 Å². The lowest BCUT2D eigenvalue weighted by Gasteiger charge is -2.28. The number of nitrogens with zero attached hydrogens (tertiary/aromatic N) is 1. The fourth-order valence-corrected chi connectivity index (χ4v) is 3.61. The fourth-order valence-electron chi connectivity index (χ4n) is 3.61. The summed E-state index contributed by atoms with van der Waals surface area (Å²) >= 11 is 0. The Kier molecular flexibility index (Phi) is 9.30. The molecule has 12 heteroatoms. The van der Waals surface area contributed by atoms with Crippen LogP contribution < -0.4 is 22.1 Å². The van der Waals surface area contributed by atoms with Gasteiger partial charge in [0.25, 0.3) is 0 Å². The number of hydrogen-bond acceptors (Lipinski definition) is 7. The van der Waals surface area contributed by atoms with Crippen LogP contribution in [0.1, 0.15) is 24.8 Å². The molecular formula is C21H29N5O7. The molecule has 1 aromatic carbocycles. The summed E-state index contributed by atoms with van der Waals surface area (Å²) in [4.78, 5) is 61.5. The van der Waals surface area contributed by atoms with Crippen LogP contribution in [0, 0.1) is 0 Å². The van der Waals surface area contributed by atoms with E-state index >= 15 is 0 Å². The quantitative estimate of drug-likeness (QED) is 0.206. The number of benzene rings is 1. The average Bonchev–Trinajstić information content (AvgIpc) is 3.26. The van der Waals surface area contributed by atoms with Crippen LogP contribution in [-0.2, 0) is 30.4 Å². The number of likely N-dealkylation sites (tertiary alicyclic amines) is 1. The van der Waals surface area contributed by atoms with Crippen molar-refractivity contribution in [1.82, 2.24) is 15.5 Å². The normalized spacial score (nSPS) is 18.1. The van der Waals surface area contributed by atoms with Crippen LogP contribution in [-0.4, -0.2) is 82.0 Å². The molecule has 0 bridgehead atoms. The first kappa shape index (κ1) is 25.7.